The Morgan fingerprint density at radius 2 is 2.35 bits per heavy atom. The molecule has 8 heteroatoms. The zero-order chi connectivity index (χ0) is 16.2. The van der Waals surface area contributed by atoms with Gasteiger partial charge in [0.2, 0.25) is 5.91 Å². The molecule has 0 bridgehead atoms. The lowest BCUT2D eigenvalue weighted by Gasteiger charge is -2.31. The first kappa shape index (κ1) is 15.4. The van der Waals surface area contributed by atoms with Crippen LogP contribution in [0.3, 0.4) is 0 Å². The van der Waals surface area contributed by atoms with Gasteiger partial charge in [0.05, 0.1) is 19.3 Å². The molecule has 0 saturated carbocycles. The molecule has 1 aliphatic rings. The Morgan fingerprint density at radius 1 is 1.48 bits per heavy atom. The van der Waals surface area contributed by atoms with Gasteiger partial charge in [0.25, 0.3) is 0 Å². The molecule has 0 unspecified atom stereocenters. The van der Waals surface area contributed by atoms with E-state index >= 15 is 0 Å². The van der Waals surface area contributed by atoms with Crippen LogP contribution in [0.5, 0.6) is 0 Å². The van der Waals surface area contributed by atoms with Crippen LogP contribution in [0, 0.1) is 0 Å². The van der Waals surface area contributed by atoms with Crippen LogP contribution in [0.1, 0.15) is 6.92 Å². The monoisotopic (exact) mass is 316 g/mol. The van der Waals surface area contributed by atoms with Gasteiger partial charge in [-0.1, -0.05) is 12.1 Å². The molecule has 0 aliphatic carbocycles. The molecule has 0 radical (unpaired) electrons. The van der Waals surface area contributed by atoms with E-state index in [1.54, 1.807) is 11.7 Å². The van der Waals surface area contributed by atoms with E-state index in [9.17, 15) is 4.79 Å². The third kappa shape index (κ3) is 3.65. The molecule has 0 spiro atoms. The fraction of sp³-hybridized carbons (Fsp3) is 0.467. The molecule has 1 fully saturated rings. The lowest BCUT2D eigenvalue weighted by Crippen LogP contribution is -2.46. The van der Waals surface area contributed by atoms with Crippen LogP contribution < -0.4 is 5.32 Å². The number of tetrazole rings is 1. The Morgan fingerprint density at radius 3 is 3.09 bits per heavy atom. The van der Waals surface area contributed by atoms with Gasteiger partial charge in [-0.2, -0.15) is 0 Å². The molecule has 1 saturated heterocycles. The molecule has 122 valence electrons. The van der Waals surface area contributed by atoms with Crippen LogP contribution in [0.15, 0.2) is 24.3 Å². The first-order chi connectivity index (χ1) is 11.1. The highest BCUT2D eigenvalue weighted by molar-refractivity contribution is 5.81. The number of carbonyl (C=O) groups excluding carboxylic acids is 1. The number of morpholine rings is 1. The van der Waals surface area contributed by atoms with Crippen molar-refractivity contribution in [3.63, 3.8) is 0 Å². The minimum Gasteiger partial charge on any atom is -0.376 e. The van der Waals surface area contributed by atoms with E-state index in [0.717, 1.165) is 11.3 Å². The molecule has 2 aromatic rings. The van der Waals surface area contributed by atoms with Crippen molar-refractivity contribution in [3.05, 3.63) is 24.3 Å². The Labute approximate surface area is 134 Å². The normalized spacial score (nSPS) is 18.0. The first-order valence-corrected chi connectivity index (χ1v) is 7.59. The maximum absolute atomic E-state index is 12.3. The minimum absolute atomic E-state index is 0.0749. The van der Waals surface area contributed by atoms with Crippen molar-refractivity contribution in [1.82, 2.24) is 25.1 Å². The van der Waals surface area contributed by atoms with Crippen molar-refractivity contribution >= 4 is 11.6 Å². The van der Waals surface area contributed by atoms with Crippen molar-refractivity contribution < 1.29 is 9.53 Å². The molecule has 2 heterocycles. The lowest BCUT2D eigenvalue weighted by atomic mass is 10.2. The molecular formula is C15H20N6O2. The molecule has 8 nitrogen and oxygen atoms in total. The van der Waals surface area contributed by atoms with Crippen LogP contribution in [-0.4, -0.2) is 63.4 Å². The summed E-state index contributed by atoms with van der Waals surface area (Å²) in [6, 6.07) is 7.69. The van der Waals surface area contributed by atoms with Gasteiger partial charge in [0.1, 0.15) is 0 Å². The van der Waals surface area contributed by atoms with Gasteiger partial charge in [0, 0.05) is 31.4 Å². The van der Waals surface area contributed by atoms with Crippen LogP contribution >= 0.6 is 0 Å². The summed E-state index contributed by atoms with van der Waals surface area (Å²) in [6.45, 7) is 4.13. The number of aryl methyl sites for hydroxylation is 1. The van der Waals surface area contributed by atoms with E-state index in [0.29, 0.717) is 25.5 Å². The fourth-order valence-electron chi connectivity index (χ4n) is 2.58. The van der Waals surface area contributed by atoms with E-state index in [2.05, 4.69) is 20.8 Å². The number of anilines is 1. The Hall–Kier alpha value is -2.48. The number of nitrogens with zero attached hydrogens (tertiary/aromatic N) is 5. The summed E-state index contributed by atoms with van der Waals surface area (Å²) in [4.78, 5) is 14.1. The number of amides is 1. The second-order valence-corrected chi connectivity index (χ2v) is 5.58. The van der Waals surface area contributed by atoms with Crippen molar-refractivity contribution in [2.24, 2.45) is 7.05 Å². The predicted molar refractivity (Wildman–Crippen MR) is 84.7 cm³/mol. The molecule has 1 amide bonds. The maximum Gasteiger partial charge on any atom is 0.242 e. The van der Waals surface area contributed by atoms with Crippen molar-refractivity contribution in [3.8, 4) is 11.4 Å². The van der Waals surface area contributed by atoms with Gasteiger partial charge in [-0.05, 0) is 29.5 Å². The second kappa shape index (κ2) is 6.74. The molecule has 1 aliphatic heterocycles. The van der Waals surface area contributed by atoms with Gasteiger partial charge in [0.15, 0.2) is 5.82 Å². The molecule has 1 aromatic carbocycles. The summed E-state index contributed by atoms with van der Waals surface area (Å²) >= 11 is 0. The summed E-state index contributed by atoms with van der Waals surface area (Å²) in [6.07, 6.45) is 0.0967. The number of hydrogen-bond acceptors (Lipinski definition) is 6. The average Bonchev–Trinajstić information content (AvgIpc) is 2.99. The highest BCUT2D eigenvalue weighted by Gasteiger charge is 2.20. The van der Waals surface area contributed by atoms with Crippen molar-refractivity contribution in [2.75, 3.05) is 31.6 Å². The number of benzene rings is 1. The minimum atomic E-state index is 0.0749. The number of rotatable bonds is 4. The van der Waals surface area contributed by atoms with Crippen molar-refractivity contribution in [2.45, 2.75) is 13.0 Å². The summed E-state index contributed by atoms with van der Waals surface area (Å²) in [7, 11) is 1.79. The van der Waals surface area contributed by atoms with E-state index in [4.69, 9.17) is 4.74 Å². The number of nitrogens with one attached hydrogen (secondary N) is 1. The quantitative estimate of drug-likeness (QED) is 0.886. The maximum atomic E-state index is 12.3. The van der Waals surface area contributed by atoms with E-state index in [1.165, 1.54) is 0 Å². The summed E-state index contributed by atoms with van der Waals surface area (Å²) in [5.41, 5.74) is 1.76. The van der Waals surface area contributed by atoms with E-state index in [1.807, 2.05) is 36.1 Å². The molecule has 23 heavy (non-hydrogen) atoms. The third-order valence-electron chi connectivity index (χ3n) is 3.78. The smallest absolute Gasteiger partial charge is 0.242 e. The van der Waals surface area contributed by atoms with Crippen LogP contribution in [0.2, 0.25) is 0 Å². The number of carbonyl (C=O) groups is 1. The fourth-order valence-corrected chi connectivity index (χ4v) is 2.58. The first-order valence-electron chi connectivity index (χ1n) is 7.59. The number of aromatic nitrogens is 4. The zero-order valence-electron chi connectivity index (χ0n) is 13.3. The molecule has 1 aromatic heterocycles. The summed E-state index contributed by atoms with van der Waals surface area (Å²) < 4.78 is 7.06. The van der Waals surface area contributed by atoms with Gasteiger partial charge in [-0.3, -0.25) is 4.79 Å². The summed E-state index contributed by atoms with van der Waals surface area (Å²) in [5.74, 6) is 0.757. The Balaban J connectivity index is 1.62. The standard InChI is InChI=1S/C15H20N6O2/c1-11-10-21(6-7-23-11)14(22)9-16-13-5-3-4-12(8-13)15-17-18-19-20(15)2/h3-5,8,11,16H,6-7,9-10H2,1-2H3/t11-/m1/s1. The summed E-state index contributed by atoms with van der Waals surface area (Å²) in [5, 5.41) is 14.6. The molecule has 1 atom stereocenters. The largest absolute Gasteiger partial charge is 0.376 e. The Kier molecular flexibility index (Phi) is 4.52. The predicted octanol–water partition coefficient (Wildman–Crippen LogP) is 0.536. The van der Waals surface area contributed by atoms with Gasteiger partial charge in [-0.25, -0.2) is 4.68 Å². The van der Waals surface area contributed by atoms with Crippen molar-refractivity contribution in [1.29, 1.82) is 0 Å². The number of ether oxygens (including phenoxy) is 1. The topological polar surface area (TPSA) is 85.2 Å². The lowest BCUT2D eigenvalue weighted by molar-refractivity contribution is -0.136. The number of hydrogen-bond donors (Lipinski definition) is 1. The van der Waals surface area contributed by atoms with Crippen LogP contribution in [0.4, 0.5) is 5.69 Å². The second-order valence-electron chi connectivity index (χ2n) is 5.58. The van der Waals surface area contributed by atoms with Crippen LogP contribution in [0.25, 0.3) is 11.4 Å². The highest BCUT2D eigenvalue weighted by Crippen LogP contribution is 2.19. The average molecular weight is 316 g/mol. The van der Waals surface area contributed by atoms with Gasteiger partial charge < -0.3 is 15.0 Å². The van der Waals surface area contributed by atoms with Gasteiger partial charge >= 0.3 is 0 Å². The SMILES string of the molecule is C[C@@H]1CN(C(=O)CNc2cccc(-c3nnnn3C)c2)CCO1. The Bertz CT molecular complexity index is 686. The highest BCUT2D eigenvalue weighted by atomic mass is 16.5. The van der Waals surface area contributed by atoms with E-state index in [-0.39, 0.29) is 18.6 Å². The molecule has 1 N–H and O–H groups in total. The van der Waals surface area contributed by atoms with Gasteiger partial charge in [-0.15, -0.1) is 5.10 Å². The van der Waals surface area contributed by atoms with E-state index < -0.39 is 0 Å². The zero-order valence-corrected chi connectivity index (χ0v) is 13.3. The molecule has 3 rings (SSSR count). The third-order valence-corrected chi connectivity index (χ3v) is 3.78. The molecular weight excluding hydrogens is 296 g/mol. The van der Waals surface area contributed by atoms with Crippen LogP contribution in [-0.2, 0) is 16.6 Å².